The second-order valence-corrected chi connectivity index (χ2v) is 6.40. The second-order valence-electron chi connectivity index (χ2n) is 6.40. The number of piperidine rings is 1. The Hall–Kier alpha value is -1.90. The topological polar surface area (TPSA) is 76.4 Å². The summed E-state index contributed by atoms with van der Waals surface area (Å²) in [7, 11) is 0. The minimum Gasteiger partial charge on any atom is -0.390 e. The largest absolute Gasteiger partial charge is 0.390 e. The number of benzene rings is 1. The number of nitriles is 1. The Labute approximate surface area is 137 Å². The lowest BCUT2D eigenvalue weighted by Gasteiger charge is -2.39. The summed E-state index contributed by atoms with van der Waals surface area (Å²) < 4.78 is 0. The van der Waals surface area contributed by atoms with Gasteiger partial charge in [0.1, 0.15) is 0 Å². The average Bonchev–Trinajstić information content (AvgIpc) is 2.54. The van der Waals surface area contributed by atoms with Crippen molar-refractivity contribution in [2.75, 3.05) is 26.2 Å². The SMILES string of the molecule is CC(=O)NCC(O)CN1CCC(C#N)(c2ccccc2C)CC1. The smallest absolute Gasteiger partial charge is 0.216 e. The van der Waals surface area contributed by atoms with Gasteiger partial charge in [-0.2, -0.15) is 5.26 Å². The monoisotopic (exact) mass is 315 g/mol. The van der Waals surface area contributed by atoms with Gasteiger partial charge in [0.25, 0.3) is 0 Å². The molecular weight excluding hydrogens is 290 g/mol. The molecule has 0 bridgehead atoms. The van der Waals surface area contributed by atoms with Crippen molar-refractivity contribution in [2.45, 2.75) is 38.2 Å². The fourth-order valence-electron chi connectivity index (χ4n) is 3.29. The van der Waals surface area contributed by atoms with E-state index in [2.05, 4.69) is 35.3 Å². The van der Waals surface area contributed by atoms with E-state index in [1.54, 1.807) is 0 Å². The molecule has 2 rings (SSSR count). The molecule has 1 heterocycles. The molecule has 0 spiro atoms. The zero-order chi connectivity index (χ0) is 16.9. The van der Waals surface area contributed by atoms with Gasteiger partial charge in [-0.05, 0) is 30.9 Å². The van der Waals surface area contributed by atoms with E-state index in [0.29, 0.717) is 6.54 Å². The van der Waals surface area contributed by atoms with Crippen LogP contribution in [0.3, 0.4) is 0 Å². The molecule has 1 aromatic rings. The second kappa shape index (κ2) is 7.58. The van der Waals surface area contributed by atoms with Crippen LogP contribution in [0.4, 0.5) is 0 Å². The summed E-state index contributed by atoms with van der Waals surface area (Å²) >= 11 is 0. The fourth-order valence-corrected chi connectivity index (χ4v) is 3.29. The molecule has 1 aromatic carbocycles. The van der Waals surface area contributed by atoms with Gasteiger partial charge in [-0.1, -0.05) is 24.3 Å². The number of hydrogen-bond acceptors (Lipinski definition) is 4. The van der Waals surface area contributed by atoms with Crippen LogP contribution in [0.5, 0.6) is 0 Å². The molecule has 1 unspecified atom stereocenters. The van der Waals surface area contributed by atoms with Gasteiger partial charge in [0.05, 0.1) is 17.6 Å². The number of nitrogens with zero attached hydrogens (tertiary/aromatic N) is 2. The van der Waals surface area contributed by atoms with Crippen LogP contribution in [-0.4, -0.2) is 48.2 Å². The first-order valence-electron chi connectivity index (χ1n) is 8.09. The van der Waals surface area contributed by atoms with E-state index in [1.165, 1.54) is 6.92 Å². The van der Waals surface area contributed by atoms with Crippen molar-refractivity contribution >= 4 is 5.91 Å². The lowest BCUT2D eigenvalue weighted by molar-refractivity contribution is -0.119. The quantitative estimate of drug-likeness (QED) is 0.860. The van der Waals surface area contributed by atoms with Gasteiger partial charge in [-0.15, -0.1) is 0 Å². The normalized spacial score (nSPS) is 18.9. The number of nitrogens with one attached hydrogen (secondary N) is 1. The maximum absolute atomic E-state index is 10.9. The number of rotatable bonds is 5. The maximum atomic E-state index is 10.9. The molecule has 5 nitrogen and oxygen atoms in total. The Morgan fingerprint density at radius 2 is 2.09 bits per heavy atom. The molecule has 0 aliphatic carbocycles. The molecule has 1 fully saturated rings. The van der Waals surface area contributed by atoms with Gasteiger partial charge in [0, 0.05) is 33.1 Å². The van der Waals surface area contributed by atoms with Crippen molar-refractivity contribution in [3.05, 3.63) is 35.4 Å². The maximum Gasteiger partial charge on any atom is 0.216 e. The number of carbonyl (C=O) groups excluding carboxylic acids is 1. The first-order valence-corrected chi connectivity index (χ1v) is 8.09. The highest BCUT2D eigenvalue weighted by molar-refractivity contribution is 5.72. The average molecular weight is 315 g/mol. The van der Waals surface area contributed by atoms with Gasteiger partial charge in [-0.3, -0.25) is 4.79 Å². The molecule has 1 aliphatic rings. The van der Waals surface area contributed by atoms with Gasteiger partial charge in [-0.25, -0.2) is 0 Å². The number of likely N-dealkylation sites (tertiary alicyclic amines) is 1. The molecular formula is C18H25N3O2. The van der Waals surface area contributed by atoms with E-state index in [4.69, 9.17) is 0 Å². The van der Waals surface area contributed by atoms with Crippen LogP contribution in [0.25, 0.3) is 0 Å². The summed E-state index contributed by atoms with van der Waals surface area (Å²) in [6, 6.07) is 10.6. The molecule has 1 amide bonds. The Kier molecular flexibility index (Phi) is 5.75. The number of hydrogen-bond donors (Lipinski definition) is 2. The summed E-state index contributed by atoms with van der Waals surface area (Å²) in [5.41, 5.74) is 1.86. The van der Waals surface area contributed by atoms with Gasteiger partial charge >= 0.3 is 0 Å². The van der Waals surface area contributed by atoms with E-state index in [0.717, 1.165) is 37.1 Å². The minimum absolute atomic E-state index is 0.134. The molecule has 1 saturated heterocycles. The van der Waals surface area contributed by atoms with Crippen molar-refractivity contribution in [3.63, 3.8) is 0 Å². The summed E-state index contributed by atoms with van der Waals surface area (Å²) in [5.74, 6) is -0.134. The highest BCUT2D eigenvalue weighted by Crippen LogP contribution is 2.36. The summed E-state index contributed by atoms with van der Waals surface area (Å²) in [6.45, 7) is 5.84. The van der Waals surface area contributed by atoms with Gasteiger partial charge in [0.2, 0.25) is 5.91 Å². The molecule has 1 atom stereocenters. The van der Waals surface area contributed by atoms with Crippen LogP contribution in [0.15, 0.2) is 24.3 Å². The minimum atomic E-state index is -0.577. The molecule has 0 saturated carbocycles. The zero-order valence-corrected chi connectivity index (χ0v) is 13.9. The number of aryl methyl sites for hydroxylation is 1. The Bertz CT molecular complexity index is 586. The molecule has 1 aliphatic heterocycles. The fraction of sp³-hybridized carbons (Fsp3) is 0.556. The molecule has 2 N–H and O–H groups in total. The third-order valence-electron chi connectivity index (χ3n) is 4.64. The third-order valence-corrected chi connectivity index (χ3v) is 4.64. The van der Waals surface area contributed by atoms with Crippen LogP contribution in [0.2, 0.25) is 0 Å². The number of aliphatic hydroxyl groups excluding tert-OH is 1. The molecule has 5 heteroatoms. The summed E-state index contributed by atoms with van der Waals surface area (Å²) in [4.78, 5) is 13.0. The highest BCUT2D eigenvalue weighted by atomic mass is 16.3. The number of amides is 1. The molecule has 0 radical (unpaired) electrons. The van der Waals surface area contributed by atoms with Crippen LogP contribution in [0, 0.1) is 18.3 Å². The van der Waals surface area contributed by atoms with Crippen molar-refractivity contribution in [1.82, 2.24) is 10.2 Å². The van der Waals surface area contributed by atoms with Crippen LogP contribution in [0.1, 0.15) is 30.9 Å². The predicted molar refractivity (Wildman–Crippen MR) is 88.8 cm³/mol. The molecule has 0 aromatic heterocycles. The van der Waals surface area contributed by atoms with Crippen LogP contribution >= 0.6 is 0 Å². The van der Waals surface area contributed by atoms with Crippen molar-refractivity contribution in [2.24, 2.45) is 0 Å². The van der Waals surface area contributed by atoms with Crippen LogP contribution in [-0.2, 0) is 10.2 Å². The van der Waals surface area contributed by atoms with E-state index in [-0.39, 0.29) is 12.5 Å². The van der Waals surface area contributed by atoms with Crippen LogP contribution < -0.4 is 5.32 Å². The van der Waals surface area contributed by atoms with Crippen molar-refractivity contribution in [1.29, 1.82) is 5.26 Å². The number of β-amino-alcohol motifs (C(OH)–C–C–N with tert-alkyl or cyclic N) is 1. The van der Waals surface area contributed by atoms with E-state index < -0.39 is 11.5 Å². The number of carbonyl (C=O) groups is 1. The Balaban J connectivity index is 1.95. The molecule has 124 valence electrons. The first-order chi connectivity index (χ1) is 11.0. The summed E-state index contributed by atoms with van der Waals surface area (Å²) in [6.07, 6.45) is 0.953. The lowest BCUT2D eigenvalue weighted by Crippen LogP contribution is -2.46. The first kappa shape index (κ1) is 17.5. The summed E-state index contributed by atoms with van der Waals surface area (Å²) in [5, 5.41) is 22.4. The van der Waals surface area contributed by atoms with Crippen molar-refractivity contribution in [3.8, 4) is 6.07 Å². The number of aliphatic hydroxyl groups is 1. The van der Waals surface area contributed by atoms with Gasteiger partial charge < -0.3 is 15.3 Å². The predicted octanol–water partition coefficient (Wildman–Crippen LogP) is 1.35. The van der Waals surface area contributed by atoms with E-state index >= 15 is 0 Å². The van der Waals surface area contributed by atoms with Crippen molar-refractivity contribution < 1.29 is 9.90 Å². The highest BCUT2D eigenvalue weighted by Gasteiger charge is 2.37. The van der Waals surface area contributed by atoms with E-state index in [1.807, 2.05) is 12.1 Å². The molecule has 23 heavy (non-hydrogen) atoms. The van der Waals surface area contributed by atoms with Gasteiger partial charge in [0.15, 0.2) is 0 Å². The Morgan fingerprint density at radius 1 is 1.43 bits per heavy atom. The Morgan fingerprint density at radius 3 is 2.65 bits per heavy atom. The lowest BCUT2D eigenvalue weighted by atomic mass is 9.72. The third kappa shape index (κ3) is 4.31. The zero-order valence-electron chi connectivity index (χ0n) is 13.9. The van der Waals surface area contributed by atoms with E-state index in [9.17, 15) is 15.2 Å². The standard InChI is InChI=1S/C18H25N3O2/c1-14-5-3-4-6-17(14)18(13-19)7-9-21(10-8-18)12-16(23)11-20-15(2)22/h3-6,16,23H,7-12H2,1-2H3,(H,20,22).